The fourth-order valence-corrected chi connectivity index (χ4v) is 1.35. The van der Waals surface area contributed by atoms with E-state index in [2.05, 4.69) is 10.6 Å². The number of carbonyl (C=O) groups is 1. The lowest BCUT2D eigenvalue weighted by Gasteiger charge is -2.31. The smallest absolute Gasteiger partial charge is 0.223 e. The minimum atomic E-state index is 0.138. The van der Waals surface area contributed by atoms with Crippen LogP contribution in [0.4, 0.5) is 0 Å². The van der Waals surface area contributed by atoms with E-state index in [1.165, 1.54) is 0 Å². The van der Waals surface area contributed by atoms with Crippen LogP contribution in [0.2, 0.25) is 0 Å². The predicted octanol–water partition coefficient (Wildman–Crippen LogP) is -0.693. The Kier molecular flexibility index (Phi) is 4.18. The zero-order valence-electron chi connectivity index (χ0n) is 8.18. The van der Waals surface area contributed by atoms with Crippen LogP contribution in [0.25, 0.3) is 0 Å². The molecule has 4 N–H and O–H groups in total. The molecular formula is C9H19N3O. The zero-order valence-corrected chi connectivity index (χ0v) is 8.18. The van der Waals surface area contributed by atoms with Gasteiger partial charge in [0.1, 0.15) is 0 Å². The van der Waals surface area contributed by atoms with Crippen molar-refractivity contribution in [3.63, 3.8) is 0 Å². The molecule has 0 aromatic rings. The molecule has 0 bridgehead atoms. The molecule has 76 valence electrons. The van der Waals surface area contributed by atoms with Gasteiger partial charge < -0.3 is 16.4 Å². The summed E-state index contributed by atoms with van der Waals surface area (Å²) in [6, 6.07) is 0. The first-order valence-electron chi connectivity index (χ1n) is 4.94. The quantitative estimate of drug-likeness (QED) is 0.496. The number of amides is 1. The van der Waals surface area contributed by atoms with Crippen molar-refractivity contribution >= 4 is 5.91 Å². The summed E-state index contributed by atoms with van der Waals surface area (Å²) in [7, 11) is 0. The molecule has 1 saturated heterocycles. The Hall–Kier alpha value is -0.610. The number of carbonyl (C=O) groups excluding carboxylic acids is 1. The molecule has 0 radical (unpaired) electrons. The molecule has 1 aliphatic heterocycles. The molecule has 1 heterocycles. The van der Waals surface area contributed by atoms with Crippen LogP contribution < -0.4 is 16.4 Å². The third-order valence-corrected chi connectivity index (χ3v) is 2.61. The van der Waals surface area contributed by atoms with Gasteiger partial charge in [0.2, 0.25) is 5.91 Å². The summed E-state index contributed by atoms with van der Waals surface area (Å²) < 4.78 is 0. The molecule has 0 aromatic carbocycles. The third-order valence-electron chi connectivity index (χ3n) is 2.61. The normalized spacial score (nSPS) is 19.2. The SMILES string of the molecule is CC(C(=O)NCCCN)C1CNC1. The van der Waals surface area contributed by atoms with Crippen LogP contribution in [-0.2, 0) is 4.79 Å². The molecule has 1 fully saturated rings. The molecule has 1 aliphatic rings. The van der Waals surface area contributed by atoms with Crippen LogP contribution in [0.3, 0.4) is 0 Å². The summed E-state index contributed by atoms with van der Waals surface area (Å²) in [6.07, 6.45) is 0.862. The highest BCUT2D eigenvalue weighted by Gasteiger charge is 2.28. The van der Waals surface area contributed by atoms with E-state index in [1.54, 1.807) is 0 Å². The second-order valence-electron chi connectivity index (χ2n) is 3.64. The summed E-state index contributed by atoms with van der Waals surface area (Å²) in [4.78, 5) is 11.5. The first-order chi connectivity index (χ1) is 6.25. The van der Waals surface area contributed by atoms with Gasteiger partial charge in [-0.15, -0.1) is 0 Å². The van der Waals surface area contributed by atoms with Gasteiger partial charge in [0, 0.05) is 12.5 Å². The maximum absolute atomic E-state index is 11.5. The molecule has 0 aromatic heterocycles. The highest BCUT2D eigenvalue weighted by Crippen LogP contribution is 2.15. The number of nitrogens with two attached hydrogens (primary N) is 1. The van der Waals surface area contributed by atoms with Gasteiger partial charge in [-0.05, 0) is 32.0 Å². The number of hydrogen-bond acceptors (Lipinski definition) is 3. The summed E-state index contributed by atoms with van der Waals surface area (Å²) in [6.45, 7) is 5.29. The van der Waals surface area contributed by atoms with Crippen molar-refractivity contribution in [3.05, 3.63) is 0 Å². The highest BCUT2D eigenvalue weighted by molar-refractivity contribution is 5.78. The van der Waals surface area contributed by atoms with Crippen molar-refractivity contribution in [2.75, 3.05) is 26.2 Å². The lowest BCUT2D eigenvalue weighted by molar-refractivity contribution is -0.126. The Labute approximate surface area is 79.3 Å². The Bertz CT molecular complexity index is 168. The van der Waals surface area contributed by atoms with E-state index < -0.39 is 0 Å². The zero-order chi connectivity index (χ0) is 9.68. The minimum absolute atomic E-state index is 0.138. The van der Waals surface area contributed by atoms with Crippen LogP contribution in [0.15, 0.2) is 0 Å². The Morgan fingerprint density at radius 3 is 2.85 bits per heavy atom. The molecule has 0 spiro atoms. The van der Waals surface area contributed by atoms with Crippen molar-refractivity contribution in [2.45, 2.75) is 13.3 Å². The average Bonchev–Trinajstić information content (AvgIpc) is 2.01. The standard InChI is InChI=1S/C9H19N3O/c1-7(8-5-11-6-8)9(13)12-4-2-3-10/h7-8,11H,2-6,10H2,1H3,(H,12,13). The van der Waals surface area contributed by atoms with Crippen LogP contribution in [0, 0.1) is 11.8 Å². The Balaban J connectivity index is 2.13. The monoisotopic (exact) mass is 185 g/mol. The van der Waals surface area contributed by atoms with E-state index in [0.717, 1.165) is 19.5 Å². The highest BCUT2D eigenvalue weighted by atomic mass is 16.1. The molecule has 4 nitrogen and oxygen atoms in total. The topological polar surface area (TPSA) is 67.2 Å². The van der Waals surface area contributed by atoms with Crippen molar-refractivity contribution in [3.8, 4) is 0 Å². The predicted molar refractivity (Wildman–Crippen MR) is 52.2 cm³/mol. The molecule has 13 heavy (non-hydrogen) atoms. The second-order valence-corrected chi connectivity index (χ2v) is 3.64. The summed E-state index contributed by atoms with van der Waals surface area (Å²) >= 11 is 0. The number of rotatable bonds is 5. The fourth-order valence-electron chi connectivity index (χ4n) is 1.35. The largest absolute Gasteiger partial charge is 0.356 e. The first-order valence-corrected chi connectivity index (χ1v) is 4.94. The van der Waals surface area contributed by atoms with Crippen LogP contribution in [0.5, 0.6) is 0 Å². The number of nitrogens with one attached hydrogen (secondary N) is 2. The number of hydrogen-bond donors (Lipinski definition) is 3. The van der Waals surface area contributed by atoms with Crippen LogP contribution >= 0.6 is 0 Å². The van der Waals surface area contributed by atoms with Gasteiger partial charge in [-0.25, -0.2) is 0 Å². The van der Waals surface area contributed by atoms with Gasteiger partial charge in [-0.2, -0.15) is 0 Å². The summed E-state index contributed by atoms with van der Waals surface area (Å²) in [5.74, 6) is 0.830. The average molecular weight is 185 g/mol. The van der Waals surface area contributed by atoms with Gasteiger partial charge in [-0.1, -0.05) is 6.92 Å². The van der Waals surface area contributed by atoms with Gasteiger partial charge in [-0.3, -0.25) is 4.79 Å². The van der Waals surface area contributed by atoms with Crippen molar-refractivity contribution in [1.29, 1.82) is 0 Å². The molecular weight excluding hydrogens is 166 g/mol. The first kappa shape index (κ1) is 10.5. The minimum Gasteiger partial charge on any atom is -0.356 e. The van der Waals surface area contributed by atoms with E-state index in [1.807, 2.05) is 6.92 Å². The maximum Gasteiger partial charge on any atom is 0.223 e. The third kappa shape index (κ3) is 2.97. The van der Waals surface area contributed by atoms with Gasteiger partial charge in [0.25, 0.3) is 0 Å². The molecule has 1 unspecified atom stereocenters. The molecule has 0 aliphatic carbocycles. The fraction of sp³-hybridized carbons (Fsp3) is 0.889. The van der Waals surface area contributed by atoms with E-state index in [-0.39, 0.29) is 11.8 Å². The Morgan fingerprint density at radius 1 is 1.69 bits per heavy atom. The van der Waals surface area contributed by atoms with Gasteiger partial charge >= 0.3 is 0 Å². The summed E-state index contributed by atoms with van der Waals surface area (Å²) in [5, 5.41) is 6.05. The van der Waals surface area contributed by atoms with Gasteiger partial charge in [0.05, 0.1) is 0 Å². The van der Waals surface area contributed by atoms with Crippen molar-refractivity contribution in [2.24, 2.45) is 17.6 Å². The molecule has 1 amide bonds. The van der Waals surface area contributed by atoms with Crippen LogP contribution in [-0.4, -0.2) is 32.1 Å². The lowest BCUT2D eigenvalue weighted by Crippen LogP contribution is -2.49. The molecule has 4 heteroatoms. The second kappa shape index (κ2) is 5.19. The lowest BCUT2D eigenvalue weighted by atomic mass is 9.88. The molecule has 1 atom stereocenters. The molecule has 1 rings (SSSR count). The molecule has 0 saturated carbocycles. The van der Waals surface area contributed by atoms with Gasteiger partial charge in [0.15, 0.2) is 0 Å². The van der Waals surface area contributed by atoms with E-state index >= 15 is 0 Å². The van der Waals surface area contributed by atoms with E-state index in [0.29, 0.717) is 19.0 Å². The van der Waals surface area contributed by atoms with Crippen molar-refractivity contribution in [1.82, 2.24) is 10.6 Å². The van der Waals surface area contributed by atoms with Crippen LogP contribution in [0.1, 0.15) is 13.3 Å². The summed E-state index contributed by atoms with van der Waals surface area (Å²) in [5.41, 5.74) is 5.33. The van der Waals surface area contributed by atoms with Crippen molar-refractivity contribution < 1.29 is 4.79 Å². The Morgan fingerprint density at radius 2 is 2.38 bits per heavy atom. The maximum atomic E-state index is 11.5. The van der Waals surface area contributed by atoms with E-state index in [4.69, 9.17) is 5.73 Å². The van der Waals surface area contributed by atoms with E-state index in [9.17, 15) is 4.79 Å².